The van der Waals surface area contributed by atoms with E-state index in [-0.39, 0.29) is 5.95 Å². The van der Waals surface area contributed by atoms with Crippen LogP contribution in [0.2, 0.25) is 10.0 Å². The third-order valence-corrected chi connectivity index (χ3v) is 3.32. The number of carbonyl (C=O) groups excluding carboxylic acids is 1. The van der Waals surface area contributed by atoms with Gasteiger partial charge in [0.1, 0.15) is 4.64 Å². The van der Waals surface area contributed by atoms with E-state index in [1.165, 1.54) is 0 Å². The molecule has 2 aromatic rings. The highest BCUT2D eigenvalue weighted by Gasteiger charge is 2.09. The molecule has 4 N–H and O–H groups in total. The van der Waals surface area contributed by atoms with Crippen LogP contribution in [0.4, 0.5) is 5.95 Å². The number of nitrogens with two attached hydrogens (primary N) is 1. The molecule has 0 saturated carbocycles. The zero-order valence-electron chi connectivity index (χ0n) is 12.6. The average Bonchev–Trinajstić information content (AvgIpc) is 2.49. The van der Waals surface area contributed by atoms with Crippen molar-refractivity contribution in [2.75, 3.05) is 12.8 Å². The number of amides is 1. The maximum atomic E-state index is 9.06. The molecular formula is C15H16Cl2N4OS. The molecule has 0 saturated heterocycles. The number of anilines is 1. The van der Waals surface area contributed by atoms with E-state index >= 15 is 0 Å². The first-order valence-electron chi connectivity index (χ1n) is 6.52. The van der Waals surface area contributed by atoms with Gasteiger partial charge in [-0.1, -0.05) is 47.6 Å². The summed E-state index contributed by atoms with van der Waals surface area (Å²) >= 11 is 17.3. The molecule has 0 radical (unpaired) electrons. The minimum atomic E-state index is 0.254. The third-order valence-electron chi connectivity index (χ3n) is 2.58. The van der Waals surface area contributed by atoms with Gasteiger partial charge in [0, 0.05) is 28.2 Å². The number of nitrogens with zero attached hydrogens (tertiary/aromatic N) is 1. The zero-order valence-corrected chi connectivity index (χ0v) is 14.9. The quantitative estimate of drug-likeness (QED) is 0.561. The van der Waals surface area contributed by atoms with E-state index in [2.05, 4.69) is 15.3 Å². The molecule has 0 aliphatic heterocycles. The molecule has 8 heteroatoms. The van der Waals surface area contributed by atoms with Crippen molar-refractivity contribution >= 4 is 53.9 Å². The number of halogens is 2. The molecule has 0 fully saturated rings. The Bertz CT molecular complexity index is 754. The largest absolute Gasteiger partial charge is 0.369 e. The third kappa shape index (κ3) is 5.67. The van der Waals surface area contributed by atoms with E-state index in [1.54, 1.807) is 25.2 Å². The van der Waals surface area contributed by atoms with Crippen molar-refractivity contribution in [3.8, 4) is 11.3 Å². The average molecular weight is 371 g/mol. The summed E-state index contributed by atoms with van der Waals surface area (Å²) in [5.74, 6) is 0.254. The number of carbonyl (C=O) groups is 1. The first kappa shape index (κ1) is 19.2. The normalized spacial score (nSPS) is 10.1. The number of nitrogen functional groups attached to an aromatic ring is 1. The highest BCUT2D eigenvalue weighted by Crippen LogP contribution is 2.29. The number of hydrogen-bond donors (Lipinski definition) is 3. The van der Waals surface area contributed by atoms with Crippen LogP contribution in [-0.4, -0.2) is 23.4 Å². The van der Waals surface area contributed by atoms with Gasteiger partial charge in [-0.3, -0.25) is 4.79 Å². The molecule has 0 aliphatic carbocycles. The number of benzene rings is 1. The zero-order chi connectivity index (χ0) is 17.4. The highest BCUT2D eigenvalue weighted by atomic mass is 35.5. The van der Waals surface area contributed by atoms with E-state index in [0.717, 1.165) is 16.8 Å². The lowest BCUT2D eigenvalue weighted by molar-refractivity contribution is -0.109. The highest BCUT2D eigenvalue weighted by molar-refractivity contribution is 7.71. The van der Waals surface area contributed by atoms with Crippen LogP contribution in [-0.2, 0) is 4.79 Å². The molecule has 1 amide bonds. The Balaban J connectivity index is 0.000000593. The Kier molecular flexibility index (Phi) is 7.74. The Morgan fingerprint density at radius 1 is 1.30 bits per heavy atom. The van der Waals surface area contributed by atoms with Crippen molar-refractivity contribution < 1.29 is 4.79 Å². The van der Waals surface area contributed by atoms with E-state index in [4.69, 9.17) is 45.9 Å². The van der Waals surface area contributed by atoms with Crippen molar-refractivity contribution in [3.05, 3.63) is 44.5 Å². The first-order valence-corrected chi connectivity index (χ1v) is 7.69. The van der Waals surface area contributed by atoms with Crippen molar-refractivity contribution in [1.29, 1.82) is 0 Å². The molecule has 23 heavy (non-hydrogen) atoms. The molecule has 122 valence electrons. The van der Waals surface area contributed by atoms with Crippen LogP contribution in [0.5, 0.6) is 0 Å². The topological polar surface area (TPSA) is 83.8 Å². The standard InChI is InChI=1S/C13H11Cl2N3S.C2H5NO/c1-2-3-10-11(17-13(16)18-12(10)19)7-4-8(14)6-9(15)5-7;1-3-2-4/h2-6H,1H3,(H3,16,17,18,19);2H,1H3,(H,3,4)/b3-2+;. The lowest BCUT2D eigenvalue weighted by Gasteiger charge is -2.09. The molecule has 0 aliphatic rings. The Morgan fingerprint density at radius 3 is 2.35 bits per heavy atom. The minimum Gasteiger partial charge on any atom is -0.369 e. The Hall–Kier alpha value is -1.89. The second kappa shape index (κ2) is 9.29. The summed E-state index contributed by atoms with van der Waals surface area (Å²) in [5, 5.41) is 3.34. The van der Waals surface area contributed by atoms with Crippen molar-refractivity contribution in [3.63, 3.8) is 0 Å². The van der Waals surface area contributed by atoms with Gasteiger partial charge >= 0.3 is 0 Å². The first-order chi connectivity index (χ1) is 10.9. The smallest absolute Gasteiger partial charge is 0.206 e. The number of aromatic amines is 1. The van der Waals surface area contributed by atoms with Crippen LogP contribution in [0.3, 0.4) is 0 Å². The number of hydrogen-bond acceptors (Lipinski definition) is 4. The molecule has 1 heterocycles. The van der Waals surface area contributed by atoms with Gasteiger partial charge in [0.05, 0.1) is 5.69 Å². The summed E-state index contributed by atoms with van der Waals surface area (Å²) in [6.07, 6.45) is 4.38. The van der Waals surface area contributed by atoms with E-state index in [0.29, 0.717) is 21.1 Å². The number of H-pyrrole nitrogens is 1. The van der Waals surface area contributed by atoms with Gasteiger partial charge in [0.25, 0.3) is 0 Å². The second-order valence-electron chi connectivity index (χ2n) is 4.28. The minimum absolute atomic E-state index is 0.254. The number of allylic oxidation sites excluding steroid dienone is 1. The van der Waals surface area contributed by atoms with E-state index in [9.17, 15) is 0 Å². The lowest BCUT2D eigenvalue weighted by atomic mass is 10.1. The van der Waals surface area contributed by atoms with Crippen LogP contribution in [0, 0.1) is 4.64 Å². The summed E-state index contributed by atoms with van der Waals surface area (Å²) < 4.78 is 0.431. The van der Waals surface area contributed by atoms with Gasteiger partial charge in [-0.15, -0.1) is 0 Å². The fraction of sp³-hybridized carbons (Fsp3) is 0.133. The molecule has 5 nitrogen and oxygen atoms in total. The van der Waals surface area contributed by atoms with E-state index in [1.807, 2.05) is 19.1 Å². The predicted molar refractivity (Wildman–Crippen MR) is 99.1 cm³/mol. The number of rotatable bonds is 3. The molecule has 0 bridgehead atoms. The lowest BCUT2D eigenvalue weighted by Crippen LogP contribution is -2.00. The Labute approximate surface area is 149 Å². The summed E-state index contributed by atoms with van der Waals surface area (Å²) in [4.78, 5) is 16.1. The van der Waals surface area contributed by atoms with Crippen molar-refractivity contribution in [2.24, 2.45) is 0 Å². The van der Waals surface area contributed by atoms with Crippen molar-refractivity contribution in [2.45, 2.75) is 6.92 Å². The van der Waals surface area contributed by atoms with Crippen LogP contribution in [0.1, 0.15) is 12.5 Å². The maximum absolute atomic E-state index is 9.06. The fourth-order valence-corrected chi connectivity index (χ4v) is 2.54. The molecule has 1 aromatic heterocycles. The summed E-state index contributed by atoms with van der Waals surface area (Å²) in [6, 6.07) is 5.25. The van der Waals surface area contributed by atoms with Gasteiger partial charge in [-0.05, 0) is 25.1 Å². The van der Waals surface area contributed by atoms with Gasteiger partial charge in [-0.25, -0.2) is 4.98 Å². The fourth-order valence-electron chi connectivity index (χ4n) is 1.75. The second-order valence-corrected chi connectivity index (χ2v) is 5.54. The predicted octanol–water partition coefficient (Wildman–Crippen LogP) is 4.09. The number of nitrogens with one attached hydrogen (secondary N) is 2. The van der Waals surface area contributed by atoms with Crippen LogP contribution in [0.25, 0.3) is 17.3 Å². The molecule has 0 atom stereocenters. The van der Waals surface area contributed by atoms with Crippen molar-refractivity contribution in [1.82, 2.24) is 15.3 Å². The van der Waals surface area contributed by atoms with Crippen LogP contribution >= 0.6 is 35.4 Å². The van der Waals surface area contributed by atoms with Gasteiger partial charge in [0.15, 0.2) is 5.95 Å². The van der Waals surface area contributed by atoms with Gasteiger partial charge in [-0.2, -0.15) is 0 Å². The monoisotopic (exact) mass is 370 g/mol. The Morgan fingerprint density at radius 2 is 1.87 bits per heavy atom. The summed E-state index contributed by atoms with van der Waals surface area (Å²) in [5.41, 5.74) is 8.06. The molecule has 1 aromatic carbocycles. The van der Waals surface area contributed by atoms with Gasteiger partial charge in [0.2, 0.25) is 6.41 Å². The molecule has 0 unspecified atom stereocenters. The summed E-state index contributed by atoms with van der Waals surface area (Å²) in [6.45, 7) is 1.90. The molecule has 2 rings (SSSR count). The summed E-state index contributed by atoms with van der Waals surface area (Å²) in [7, 11) is 1.56. The number of aromatic nitrogens is 2. The van der Waals surface area contributed by atoms with Crippen LogP contribution < -0.4 is 11.1 Å². The van der Waals surface area contributed by atoms with E-state index < -0.39 is 0 Å². The van der Waals surface area contributed by atoms with Gasteiger partial charge < -0.3 is 16.0 Å². The SMILES string of the molecule is C/C=C/c1c(-c2cc(Cl)cc(Cl)c2)[nH]c(N)nc1=S.CNC=O. The molecular weight excluding hydrogens is 355 g/mol. The van der Waals surface area contributed by atoms with Crippen LogP contribution in [0.15, 0.2) is 24.3 Å². The maximum Gasteiger partial charge on any atom is 0.206 e. The molecule has 0 spiro atoms.